The first-order chi connectivity index (χ1) is 12.2. The molecule has 2 aliphatic rings. The van der Waals surface area contributed by atoms with E-state index in [-0.39, 0.29) is 17.9 Å². The van der Waals surface area contributed by atoms with E-state index in [0.29, 0.717) is 18.7 Å². The van der Waals surface area contributed by atoms with Crippen molar-refractivity contribution in [3.05, 3.63) is 29.1 Å². The van der Waals surface area contributed by atoms with E-state index in [1.54, 1.807) is 13.3 Å². The van der Waals surface area contributed by atoms with Crippen LogP contribution in [0.3, 0.4) is 0 Å². The molecule has 1 N–H and O–H groups in total. The Kier molecular flexibility index (Phi) is 6.07. The third-order valence-corrected chi connectivity index (χ3v) is 5.76. The minimum Gasteiger partial charge on any atom is -0.396 e. The summed E-state index contributed by atoms with van der Waals surface area (Å²) in [4.78, 5) is 19.5. The molecule has 5 heteroatoms. The topological polar surface area (TPSA) is 62.7 Å². The van der Waals surface area contributed by atoms with Gasteiger partial charge in [0.05, 0.1) is 12.2 Å². The molecule has 1 amide bonds. The summed E-state index contributed by atoms with van der Waals surface area (Å²) in [6.07, 6.45) is 9.90. The predicted octanol–water partition coefficient (Wildman–Crippen LogP) is 2.60. The van der Waals surface area contributed by atoms with E-state index in [2.05, 4.69) is 4.98 Å². The first-order valence-corrected chi connectivity index (χ1v) is 9.54. The molecule has 5 nitrogen and oxygen atoms in total. The van der Waals surface area contributed by atoms with Crippen molar-refractivity contribution in [3.8, 4) is 0 Å². The smallest absolute Gasteiger partial charge is 0.255 e. The number of rotatable bonds is 6. The standard InChI is InChI=1S/C20H30N2O3/c1-25-11-5-9-20(15-23)8-4-10-22(14-20)19(24)17-12-16-6-2-3-7-18(16)21-13-17/h12-13,23H,2-11,14-15H2,1H3. The molecule has 25 heavy (non-hydrogen) atoms. The second-order valence-corrected chi connectivity index (χ2v) is 7.62. The molecule has 0 spiro atoms. The van der Waals surface area contributed by atoms with E-state index in [9.17, 15) is 9.90 Å². The molecule has 0 bridgehead atoms. The molecule has 1 saturated heterocycles. The quantitative estimate of drug-likeness (QED) is 0.804. The number of aryl methyl sites for hydroxylation is 2. The number of methoxy groups -OCH3 is 1. The number of aromatic nitrogens is 1. The van der Waals surface area contributed by atoms with E-state index < -0.39 is 0 Å². The number of carbonyl (C=O) groups excluding carboxylic acids is 1. The number of fused-ring (bicyclic) bond motifs is 1. The summed E-state index contributed by atoms with van der Waals surface area (Å²) in [7, 11) is 1.70. The molecule has 0 aromatic carbocycles. The van der Waals surface area contributed by atoms with Gasteiger partial charge in [-0.1, -0.05) is 0 Å². The fourth-order valence-corrected chi connectivity index (χ4v) is 4.27. The van der Waals surface area contributed by atoms with Gasteiger partial charge in [-0.15, -0.1) is 0 Å². The largest absolute Gasteiger partial charge is 0.396 e. The van der Waals surface area contributed by atoms with Gasteiger partial charge in [-0.05, 0) is 63.0 Å². The fraction of sp³-hybridized carbons (Fsp3) is 0.700. The van der Waals surface area contributed by atoms with E-state index in [1.165, 1.54) is 18.4 Å². The Morgan fingerprint density at radius 1 is 1.36 bits per heavy atom. The number of ether oxygens (including phenoxy) is 1. The van der Waals surface area contributed by atoms with Gasteiger partial charge in [0.1, 0.15) is 0 Å². The van der Waals surface area contributed by atoms with Gasteiger partial charge in [-0.25, -0.2) is 0 Å². The lowest BCUT2D eigenvalue weighted by Gasteiger charge is -2.42. The first-order valence-electron chi connectivity index (χ1n) is 9.54. The monoisotopic (exact) mass is 346 g/mol. The fourth-order valence-electron chi connectivity index (χ4n) is 4.27. The molecule has 1 fully saturated rings. The lowest BCUT2D eigenvalue weighted by Crippen LogP contribution is -2.48. The normalized spacial score (nSPS) is 23.4. The molecule has 1 aliphatic carbocycles. The SMILES string of the molecule is COCCCC1(CO)CCCN(C(=O)c2cnc3c(c2)CCCC3)C1. The number of pyridine rings is 1. The molecule has 1 aromatic heterocycles. The number of carbonyl (C=O) groups is 1. The number of amides is 1. The van der Waals surface area contributed by atoms with Crippen molar-refractivity contribution in [1.29, 1.82) is 0 Å². The highest BCUT2D eigenvalue weighted by atomic mass is 16.5. The van der Waals surface area contributed by atoms with Crippen molar-refractivity contribution in [1.82, 2.24) is 9.88 Å². The Labute approximate surface area is 150 Å². The van der Waals surface area contributed by atoms with Gasteiger partial charge < -0.3 is 14.7 Å². The van der Waals surface area contributed by atoms with Gasteiger partial charge in [0, 0.05) is 44.1 Å². The summed E-state index contributed by atoms with van der Waals surface area (Å²) in [5.74, 6) is 0.0603. The number of nitrogens with zero attached hydrogens (tertiary/aromatic N) is 2. The van der Waals surface area contributed by atoms with E-state index in [1.807, 2.05) is 11.0 Å². The maximum absolute atomic E-state index is 13.0. The predicted molar refractivity (Wildman–Crippen MR) is 96.6 cm³/mol. The van der Waals surface area contributed by atoms with Crippen LogP contribution in [-0.4, -0.2) is 54.3 Å². The van der Waals surface area contributed by atoms with Crippen LogP contribution < -0.4 is 0 Å². The minimum absolute atomic E-state index is 0.0603. The Morgan fingerprint density at radius 2 is 2.20 bits per heavy atom. The molecule has 1 aliphatic heterocycles. The van der Waals surface area contributed by atoms with Gasteiger partial charge >= 0.3 is 0 Å². The Morgan fingerprint density at radius 3 is 3.00 bits per heavy atom. The van der Waals surface area contributed by atoms with Crippen LogP contribution in [0.15, 0.2) is 12.3 Å². The van der Waals surface area contributed by atoms with Crippen LogP contribution in [-0.2, 0) is 17.6 Å². The summed E-state index contributed by atoms with van der Waals surface area (Å²) in [5.41, 5.74) is 2.91. The molecule has 2 heterocycles. The van der Waals surface area contributed by atoms with Crippen LogP contribution in [0.2, 0.25) is 0 Å². The highest BCUT2D eigenvalue weighted by Gasteiger charge is 2.36. The number of aliphatic hydroxyl groups excluding tert-OH is 1. The summed E-state index contributed by atoms with van der Waals surface area (Å²) >= 11 is 0. The zero-order valence-electron chi connectivity index (χ0n) is 15.3. The van der Waals surface area contributed by atoms with Crippen LogP contribution >= 0.6 is 0 Å². The Bertz CT molecular complexity index is 605. The maximum atomic E-state index is 13.0. The average molecular weight is 346 g/mol. The highest BCUT2D eigenvalue weighted by Crippen LogP contribution is 2.35. The van der Waals surface area contributed by atoms with E-state index in [0.717, 1.165) is 50.8 Å². The van der Waals surface area contributed by atoms with Crippen molar-refractivity contribution < 1.29 is 14.6 Å². The lowest BCUT2D eigenvalue weighted by molar-refractivity contribution is 0.0180. The van der Waals surface area contributed by atoms with Crippen molar-refractivity contribution in [3.63, 3.8) is 0 Å². The van der Waals surface area contributed by atoms with Gasteiger partial charge in [0.15, 0.2) is 0 Å². The van der Waals surface area contributed by atoms with Crippen LogP contribution in [0.5, 0.6) is 0 Å². The van der Waals surface area contributed by atoms with Crippen LogP contribution in [0.25, 0.3) is 0 Å². The maximum Gasteiger partial charge on any atom is 0.255 e. The van der Waals surface area contributed by atoms with Gasteiger partial charge in [0.25, 0.3) is 5.91 Å². The summed E-state index contributed by atoms with van der Waals surface area (Å²) < 4.78 is 5.15. The average Bonchev–Trinajstić information content (AvgIpc) is 2.67. The van der Waals surface area contributed by atoms with Crippen molar-refractivity contribution in [2.45, 2.75) is 51.4 Å². The number of aliphatic hydroxyl groups is 1. The molecule has 0 radical (unpaired) electrons. The number of piperidine rings is 1. The number of hydrogen-bond acceptors (Lipinski definition) is 4. The molecule has 1 unspecified atom stereocenters. The molecule has 1 aromatic rings. The van der Waals surface area contributed by atoms with Crippen molar-refractivity contribution in [2.75, 3.05) is 33.4 Å². The van der Waals surface area contributed by atoms with Gasteiger partial charge in [-0.2, -0.15) is 0 Å². The zero-order chi connectivity index (χ0) is 17.7. The highest BCUT2D eigenvalue weighted by molar-refractivity contribution is 5.94. The zero-order valence-corrected chi connectivity index (χ0v) is 15.3. The summed E-state index contributed by atoms with van der Waals surface area (Å²) in [5, 5.41) is 9.98. The molecule has 3 rings (SSSR count). The third kappa shape index (κ3) is 4.21. The first kappa shape index (κ1) is 18.3. The van der Waals surface area contributed by atoms with Crippen molar-refractivity contribution in [2.24, 2.45) is 5.41 Å². The third-order valence-electron chi connectivity index (χ3n) is 5.76. The molecule has 0 saturated carbocycles. The Hall–Kier alpha value is -1.46. The molecule has 1 atom stereocenters. The van der Waals surface area contributed by atoms with E-state index >= 15 is 0 Å². The summed E-state index contributed by atoms with van der Waals surface area (Å²) in [6, 6.07) is 2.05. The second-order valence-electron chi connectivity index (χ2n) is 7.62. The molecule has 138 valence electrons. The van der Waals surface area contributed by atoms with Gasteiger partial charge in [0.2, 0.25) is 0 Å². The van der Waals surface area contributed by atoms with E-state index in [4.69, 9.17) is 4.74 Å². The minimum atomic E-state index is -0.186. The Balaban J connectivity index is 1.71. The van der Waals surface area contributed by atoms with Gasteiger partial charge in [-0.3, -0.25) is 9.78 Å². The molecular formula is C20H30N2O3. The van der Waals surface area contributed by atoms with Crippen molar-refractivity contribution >= 4 is 5.91 Å². The number of likely N-dealkylation sites (tertiary alicyclic amines) is 1. The van der Waals surface area contributed by atoms with Crippen LogP contribution in [0.4, 0.5) is 0 Å². The van der Waals surface area contributed by atoms with Crippen LogP contribution in [0.1, 0.15) is 60.1 Å². The number of hydrogen-bond donors (Lipinski definition) is 1. The second kappa shape index (κ2) is 8.28. The summed E-state index contributed by atoms with van der Waals surface area (Å²) in [6.45, 7) is 2.22. The molecular weight excluding hydrogens is 316 g/mol. The van der Waals surface area contributed by atoms with Crippen LogP contribution in [0, 0.1) is 5.41 Å². The lowest BCUT2D eigenvalue weighted by atomic mass is 9.77.